The topological polar surface area (TPSA) is 103 Å². The quantitative estimate of drug-likeness (QED) is 0.0594. The van der Waals surface area contributed by atoms with Crippen molar-refractivity contribution in [3.63, 3.8) is 0 Å². The Labute approximate surface area is 200 Å². The molecule has 2 rings (SSSR count). The van der Waals surface area contributed by atoms with Crippen LogP contribution in [-0.2, 0) is 9.53 Å². The minimum atomic E-state index is -0.446. The van der Waals surface area contributed by atoms with Gasteiger partial charge in [-0.05, 0) is 49.2 Å². The summed E-state index contributed by atoms with van der Waals surface area (Å²) in [6.07, 6.45) is 11.5. The van der Waals surface area contributed by atoms with Gasteiger partial charge < -0.3 is 9.47 Å². The fourth-order valence-corrected chi connectivity index (χ4v) is 3.23. The number of carbonyl (C=O) groups excluding carboxylic acids is 1. The minimum Gasteiger partial charge on any atom is -0.494 e. The van der Waals surface area contributed by atoms with Crippen molar-refractivity contribution in [3.05, 3.63) is 71.3 Å². The summed E-state index contributed by atoms with van der Waals surface area (Å²) in [5, 5.41) is 18.9. The highest BCUT2D eigenvalue weighted by molar-refractivity contribution is 5.81. The van der Waals surface area contributed by atoms with Crippen molar-refractivity contribution in [1.82, 2.24) is 0 Å². The third-order valence-corrected chi connectivity index (χ3v) is 5.15. The van der Waals surface area contributed by atoms with E-state index >= 15 is 0 Å². The highest BCUT2D eigenvalue weighted by atomic mass is 16.6. The van der Waals surface area contributed by atoms with E-state index < -0.39 is 4.92 Å². The number of ether oxygens (including phenoxy) is 2. The lowest BCUT2D eigenvalue weighted by Gasteiger charge is -2.06. The van der Waals surface area contributed by atoms with Crippen molar-refractivity contribution in [3.8, 4) is 5.75 Å². The second-order valence-corrected chi connectivity index (χ2v) is 7.87. The number of nitro groups is 1. The molecule has 2 aromatic rings. The van der Waals surface area contributed by atoms with Crippen LogP contribution in [0.2, 0.25) is 0 Å². The number of carbonyl (C=O) groups is 1. The average molecular weight is 468 g/mol. The Bertz CT molecular complexity index is 911. The third-order valence-electron chi connectivity index (χ3n) is 5.15. The van der Waals surface area contributed by atoms with Crippen molar-refractivity contribution in [2.75, 3.05) is 13.2 Å². The maximum absolute atomic E-state index is 10.9. The number of unbranched alkanes of at least 4 members (excludes halogenated alkanes) is 8. The van der Waals surface area contributed by atoms with Gasteiger partial charge in [0.2, 0.25) is 0 Å². The fraction of sp³-hybridized carbons (Fsp3) is 0.423. The molecule has 0 heterocycles. The van der Waals surface area contributed by atoms with Crippen LogP contribution in [0.1, 0.15) is 57.8 Å². The molecule has 8 nitrogen and oxygen atoms in total. The first kappa shape index (κ1) is 26.7. The highest BCUT2D eigenvalue weighted by Gasteiger charge is 2.03. The zero-order valence-corrected chi connectivity index (χ0v) is 19.6. The van der Waals surface area contributed by atoms with Crippen LogP contribution >= 0.6 is 0 Å². The SMILES string of the molecule is C=CC(=O)OCCCCCCCCCCCOc1ccc(N=Nc2ccc([N+](=O)[O-])cc2)cc1. The molecule has 8 heteroatoms. The first-order chi connectivity index (χ1) is 16.6. The van der Waals surface area contributed by atoms with E-state index in [0.717, 1.165) is 31.4 Å². The number of rotatable bonds is 17. The van der Waals surface area contributed by atoms with E-state index in [9.17, 15) is 14.9 Å². The molecule has 0 bridgehead atoms. The van der Waals surface area contributed by atoms with Crippen LogP contribution in [0.4, 0.5) is 17.1 Å². The largest absolute Gasteiger partial charge is 0.494 e. The summed E-state index contributed by atoms with van der Waals surface area (Å²) in [7, 11) is 0. The number of nitrogens with zero attached hydrogens (tertiary/aromatic N) is 3. The number of benzene rings is 2. The van der Waals surface area contributed by atoms with Gasteiger partial charge in [0.15, 0.2) is 0 Å². The predicted octanol–water partition coefficient (Wildman–Crippen LogP) is 7.63. The predicted molar refractivity (Wildman–Crippen MR) is 132 cm³/mol. The van der Waals surface area contributed by atoms with Crippen molar-refractivity contribution >= 4 is 23.0 Å². The van der Waals surface area contributed by atoms with Gasteiger partial charge >= 0.3 is 5.97 Å². The van der Waals surface area contributed by atoms with Crippen LogP contribution in [0.25, 0.3) is 0 Å². The second-order valence-electron chi connectivity index (χ2n) is 7.87. The van der Waals surface area contributed by atoms with Gasteiger partial charge in [0.05, 0.1) is 29.5 Å². The molecule has 0 saturated carbocycles. The molecule has 0 N–H and O–H groups in total. The Morgan fingerprint density at radius 3 is 1.76 bits per heavy atom. The van der Waals surface area contributed by atoms with E-state index in [4.69, 9.17) is 9.47 Å². The Morgan fingerprint density at radius 2 is 1.26 bits per heavy atom. The van der Waals surface area contributed by atoms with Crippen molar-refractivity contribution in [2.45, 2.75) is 57.8 Å². The summed E-state index contributed by atoms with van der Waals surface area (Å²) in [6.45, 7) is 4.55. The van der Waals surface area contributed by atoms with E-state index in [1.807, 2.05) is 24.3 Å². The molecule has 0 aliphatic rings. The molecule has 0 aromatic heterocycles. The smallest absolute Gasteiger partial charge is 0.330 e. The van der Waals surface area contributed by atoms with E-state index in [1.165, 1.54) is 50.3 Å². The lowest BCUT2D eigenvalue weighted by molar-refractivity contribution is -0.384. The van der Waals surface area contributed by atoms with Crippen molar-refractivity contribution < 1.29 is 19.2 Å². The number of non-ortho nitro benzene ring substituents is 1. The summed E-state index contributed by atoms with van der Waals surface area (Å²) in [6, 6.07) is 13.3. The molecule has 0 spiro atoms. The highest BCUT2D eigenvalue weighted by Crippen LogP contribution is 2.23. The number of nitro benzene ring substituents is 1. The van der Waals surface area contributed by atoms with Crippen LogP contribution in [0, 0.1) is 10.1 Å². The number of hydrogen-bond donors (Lipinski definition) is 0. The number of azo groups is 1. The van der Waals surface area contributed by atoms with Gasteiger partial charge in [-0.1, -0.05) is 51.5 Å². The molecule has 2 aromatic carbocycles. The summed E-state index contributed by atoms with van der Waals surface area (Å²) < 4.78 is 10.7. The monoisotopic (exact) mass is 467 g/mol. The Hall–Kier alpha value is -3.55. The lowest BCUT2D eigenvalue weighted by atomic mass is 10.1. The molecule has 0 atom stereocenters. The molecule has 0 amide bonds. The van der Waals surface area contributed by atoms with Crippen molar-refractivity contribution in [2.24, 2.45) is 10.2 Å². The first-order valence-corrected chi connectivity index (χ1v) is 11.8. The summed E-state index contributed by atoms with van der Waals surface area (Å²) >= 11 is 0. The molecule has 0 unspecified atom stereocenters. The van der Waals surface area contributed by atoms with Gasteiger partial charge in [0, 0.05) is 18.2 Å². The standard InChI is InChI=1S/C26H33N3O5/c1-2-26(30)34-21-11-9-7-5-3-4-6-8-10-20-33-25-18-14-23(15-19-25)28-27-22-12-16-24(17-13-22)29(31)32/h2,12-19H,1,3-11,20-21H2. The number of hydrogen-bond acceptors (Lipinski definition) is 7. The second kappa shape index (κ2) is 16.1. The molecule has 0 aliphatic carbocycles. The van der Waals surface area contributed by atoms with Gasteiger partial charge in [-0.3, -0.25) is 10.1 Å². The summed E-state index contributed by atoms with van der Waals surface area (Å²) in [4.78, 5) is 21.1. The minimum absolute atomic E-state index is 0.0258. The Kier molecular flexibility index (Phi) is 12.7. The average Bonchev–Trinajstić information content (AvgIpc) is 2.86. The van der Waals surface area contributed by atoms with E-state index in [1.54, 1.807) is 12.1 Å². The lowest BCUT2D eigenvalue weighted by Crippen LogP contribution is -2.01. The molecular formula is C26H33N3O5. The summed E-state index contributed by atoms with van der Waals surface area (Å²) in [5.41, 5.74) is 1.26. The van der Waals surface area contributed by atoms with Gasteiger partial charge in [-0.15, -0.1) is 0 Å². The van der Waals surface area contributed by atoms with Crippen LogP contribution in [-0.4, -0.2) is 24.1 Å². The molecule has 0 radical (unpaired) electrons. The van der Waals surface area contributed by atoms with Crippen LogP contribution in [0.3, 0.4) is 0 Å². The molecule has 0 aliphatic heterocycles. The van der Waals surface area contributed by atoms with Gasteiger partial charge in [0.25, 0.3) is 5.69 Å². The van der Waals surface area contributed by atoms with Crippen LogP contribution in [0.5, 0.6) is 5.75 Å². The van der Waals surface area contributed by atoms with E-state index in [0.29, 0.717) is 24.6 Å². The molecular weight excluding hydrogens is 434 g/mol. The van der Waals surface area contributed by atoms with E-state index in [-0.39, 0.29) is 11.7 Å². The Balaban J connectivity index is 1.49. The van der Waals surface area contributed by atoms with E-state index in [2.05, 4.69) is 16.8 Å². The van der Waals surface area contributed by atoms with Crippen LogP contribution in [0.15, 0.2) is 71.4 Å². The molecule has 0 saturated heterocycles. The van der Waals surface area contributed by atoms with Gasteiger partial charge in [-0.2, -0.15) is 10.2 Å². The zero-order valence-electron chi connectivity index (χ0n) is 19.6. The zero-order chi connectivity index (χ0) is 24.4. The first-order valence-electron chi connectivity index (χ1n) is 11.8. The maximum Gasteiger partial charge on any atom is 0.330 e. The fourth-order valence-electron chi connectivity index (χ4n) is 3.23. The van der Waals surface area contributed by atoms with Gasteiger partial charge in [0.1, 0.15) is 5.75 Å². The van der Waals surface area contributed by atoms with Gasteiger partial charge in [-0.25, -0.2) is 4.79 Å². The Morgan fingerprint density at radius 1 is 0.794 bits per heavy atom. The normalized spacial score (nSPS) is 10.8. The summed E-state index contributed by atoms with van der Waals surface area (Å²) in [5.74, 6) is 0.456. The number of esters is 1. The molecule has 34 heavy (non-hydrogen) atoms. The molecule has 0 fully saturated rings. The van der Waals surface area contributed by atoms with Crippen molar-refractivity contribution in [1.29, 1.82) is 0 Å². The third kappa shape index (κ3) is 11.4. The van der Waals surface area contributed by atoms with Crippen LogP contribution < -0.4 is 4.74 Å². The molecule has 182 valence electrons. The maximum atomic E-state index is 10.9.